The van der Waals surface area contributed by atoms with Crippen molar-refractivity contribution in [3.05, 3.63) is 36.4 Å². The normalized spacial score (nSPS) is 17.6. The zero-order valence-electron chi connectivity index (χ0n) is 16.4. The number of hydrogen-bond donors (Lipinski definition) is 1. The molecule has 1 saturated heterocycles. The first-order valence-corrected chi connectivity index (χ1v) is 9.40. The predicted octanol–water partition coefficient (Wildman–Crippen LogP) is 3.73. The van der Waals surface area contributed by atoms with Gasteiger partial charge in [0.1, 0.15) is 0 Å². The molecule has 1 atom stereocenters. The Morgan fingerprint density at radius 1 is 1.04 bits per heavy atom. The second-order valence-electron chi connectivity index (χ2n) is 6.93. The molecule has 2 amide bonds. The van der Waals surface area contributed by atoms with Crippen molar-refractivity contribution in [2.24, 2.45) is 0 Å². The smallest absolute Gasteiger partial charge is 0.326 e. The number of methoxy groups -OCH3 is 3. The highest BCUT2D eigenvalue weighted by atomic mass is 16.5. The maximum absolute atomic E-state index is 13.2. The van der Waals surface area contributed by atoms with E-state index in [2.05, 4.69) is 16.3 Å². The van der Waals surface area contributed by atoms with E-state index in [0.29, 0.717) is 35.5 Å². The minimum atomic E-state index is -0.173. The van der Waals surface area contributed by atoms with Crippen LogP contribution in [0.3, 0.4) is 0 Å². The van der Waals surface area contributed by atoms with E-state index in [0.717, 1.165) is 30.8 Å². The zero-order chi connectivity index (χ0) is 19.7. The summed E-state index contributed by atoms with van der Waals surface area (Å²) in [5, 5.41) is 2.99. The van der Waals surface area contributed by atoms with Gasteiger partial charge in [0, 0.05) is 31.3 Å². The molecule has 0 unspecified atom stereocenters. The molecule has 28 heavy (non-hydrogen) atoms. The van der Waals surface area contributed by atoms with Gasteiger partial charge in [0.05, 0.1) is 38.4 Å². The molecule has 0 spiro atoms. The number of nitrogens with one attached hydrogen (secondary N) is 1. The molecule has 0 bridgehead atoms. The SMILES string of the molecule is COc1cc(NC(=O)N2C[C@H]3CCCN3c3ccccc32)cc(OC)c1OC. The topological polar surface area (TPSA) is 63.3 Å². The number of benzene rings is 2. The van der Waals surface area contributed by atoms with Crippen LogP contribution in [0.1, 0.15) is 12.8 Å². The van der Waals surface area contributed by atoms with Crippen molar-refractivity contribution >= 4 is 23.1 Å². The second kappa shape index (κ2) is 7.50. The fraction of sp³-hybridized carbons (Fsp3) is 0.381. The highest BCUT2D eigenvalue weighted by Gasteiger charge is 2.36. The van der Waals surface area contributed by atoms with Gasteiger partial charge in [0.15, 0.2) is 11.5 Å². The highest BCUT2D eigenvalue weighted by molar-refractivity contribution is 6.05. The van der Waals surface area contributed by atoms with Gasteiger partial charge in [-0.3, -0.25) is 4.90 Å². The fourth-order valence-corrected chi connectivity index (χ4v) is 4.12. The van der Waals surface area contributed by atoms with E-state index in [9.17, 15) is 4.79 Å². The molecule has 7 heteroatoms. The van der Waals surface area contributed by atoms with Gasteiger partial charge in [-0.1, -0.05) is 12.1 Å². The van der Waals surface area contributed by atoms with Crippen molar-refractivity contribution < 1.29 is 19.0 Å². The molecule has 1 N–H and O–H groups in total. The summed E-state index contributed by atoms with van der Waals surface area (Å²) in [5.74, 6) is 1.49. The number of fused-ring (bicyclic) bond motifs is 3. The third kappa shape index (κ3) is 3.06. The number of carbonyl (C=O) groups is 1. The number of urea groups is 1. The van der Waals surface area contributed by atoms with Crippen LogP contribution >= 0.6 is 0 Å². The van der Waals surface area contributed by atoms with Crippen molar-refractivity contribution in [2.75, 3.05) is 49.5 Å². The average molecular weight is 383 g/mol. The number of ether oxygens (including phenoxy) is 3. The molecular formula is C21H25N3O4. The standard InChI is InChI=1S/C21H25N3O4/c1-26-18-11-14(12-19(27-2)20(18)28-3)22-21(25)24-13-15-7-6-10-23(15)16-8-4-5-9-17(16)24/h4-5,8-9,11-12,15H,6-7,10,13H2,1-3H3,(H,22,25)/t15-/m1/s1. The minimum Gasteiger partial charge on any atom is -0.493 e. The number of carbonyl (C=O) groups excluding carboxylic acids is 1. The molecule has 4 rings (SSSR count). The Bertz CT molecular complexity index is 861. The van der Waals surface area contributed by atoms with Gasteiger partial charge in [0.2, 0.25) is 5.75 Å². The Kier molecular flexibility index (Phi) is 4.90. The molecule has 2 aromatic carbocycles. The third-order valence-corrected chi connectivity index (χ3v) is 5.41. The van der Waals surface area contributed by atoms with E-state index in [-0.39, 0.29) is 6.03 Å². The lowest BCUT2D eigenvalue weighted by atomic mass is 10.1. The van der Waals surface area contributed by atoms with Gasteiger partial charge in [-0.15, -0.1) is 0 Å². The van der Waals surface area contributed by atoms with Crippen molar-refractivity contribution in [3.63, 3.8) is 0 Å². The van der Waals surface area contributed by atoms with E-state index in [1.807, 2.05) is 23.1 Å². The molecule has 7 nitrogen and oxygen atoms in total. The number of para-hydroxylation sites is 2. The largest absolute Gasteiger partial charge is 0.493 e. The third-order valence-electron chi connectivity index (χ3n) is 5.41. The van der Waals surface area contributed by atoms with Crippen molar-refractivity contribution in [1.82, 2.24) is 0 Å². The molecule has 2 aromatic rings. The van der Waals surface area contributed by atoms with Crippen LogP contribution in [0.4, 0.5) is 21.9 Å². The Labute approximate surface area is 164 Å². The van der Waals surface area contributed by atoms with Crippen molar-refractivity contribution in [2.45, 2.75) is 18.9 Å². The maximum Gasteiger partial charge on any atom is 0.326 e. The summed E-state index contributed by atoms with van der Waals surface area (Å²) in [5.41, 5.74) is 2.65. The number of hydrogen-bond acceptors (Lipinski definition) is 5. The van der Waals surface area contributed by atoms with Crippen LogP contribution in [0.25, 0.3) is 0 Å². The summed E-state index contributed by atoms with van der Waals surface area (Å²) < 4.78 is 16.1. The summed E-state index contributed by atoms with van der Waals surface area (Å²) in [4.78, 5) is 17.4. The van der Waals surface area contributed by atoms with Crippen LogP contribution in [-0.4, -0.2) is 46.5 Å². The summed E-state index contributed by atoms with van der Waals surface area (Å²) in [6.45, 7) is 1.72. The second-order valence-corrected chi connectivity index (χ2v) is 6.93. The Hall–Kier alpha value is -3.09. The van der Waals surface area contributed by atoms with Gasteiger partial charge in [-0.25, -0.2) is 4.79 Å². The van der Waals surface area contributed by atoms with Crippen LogP contribution in [0.5, 0.6) is 17.2 Å². The molecule has 0 aromatic heterocycles. The van der Waals surface area contributed by atoms with Gasteiger partial charge in [0.25, 0.3) is 0 Å². The lowest BCUT2D eigenvalue weighted by molar-refractivity contribution is 0.256. The molecule has 0 saturated carbocycles. The Morgan fingerprint density at radius 2 is 1.71 bits per heavy atom. The predicted molar refractivity (Wildman–Crippen MR) is 109 cm³/mol. The van der Waals surface area contributed by atoms with Gasteiger partial charge in [-0.2, -0.15) is 0 Å². The molecule has 0 aliphatic carbocycles. The molecule has 1 fully saturated rings. The molecule has 2 heterocycles. The van der Waals surface area contributed by atoms with Gasteiger partial charge >= 0.3 is 6.03 Å². The Morgan fingerprint density at radius 3 is 2.36 bits per heavy atom. The van der Waals surface area contributed by atoms with Crippen LogP contribution in [0, 0.1) is 0 Å². The molecule has 2 aliphatic heterocycles. The maximum atomic E-state index is 13.2. The van der Waals surface area contributed by atoms with E-state index in [1.54, 1.807) is 33.5 Å². The van der Waals surface area contributed by atoms with Crippen molar-refractivity contribution in [3.8, 4) is 17.2 Å². The number of nitrogens with zero attached hydrogens (tertiary/aromatic N) is 2. The van der Waals surface area contributed by atoms with Crippen LogP contribution in [0.15, 0.2) is 36.4 Å². The summed E-state index contributed by atoms with van der Waals surface area (Å²) in [6, 6.07) is 11.7. The quantitative estimate of drug-likeness (QED) is 0.872. The van der Waals surface area contributed by atoms with Crippen LogP contribution < -0.4 is 29.3 Å². The number of rotatable bonds is 4. The number of amides is 2. The summed E-state index contributed by atoms with van der Waals surface area (Å²) in [7, 11) is 4.66. The minimum absolute atomic E-state index is 0.173. The number of anilines is 3. The van der Waals surface area contributed by atoms with Crippen LogP contribution in [0.2, 0.25) is 0 Å². The zero-order valence-corrected chi connectivity index (χ0v) is 16.4. The first kappa shape index (κ1) is 18.3. The molecule has 148 valence electrons. The van der Waals surface area contributed by atoms with Gasteiger partial charge < -0.3 is 24.4 Å². The molecule has 2 aliphatic rings. The molecule has 0 radical (unpaired) electrons. The highest BCUT2D eigenvalue weighted by Crippen LogP contribution is 2.41. The first-order chi connectivity index (χ1) is 13.7. The lowest BCUT2D eigenvalue weighted by Gasteiger charge is -2.40. The molecular weight excluding hydrogens is 358 g/mol. The van der Waals surface area contributed by atoms with E-state index < -0.39 is 0 Å². The van der Waals surface area contributed by atoms with Crippen molar-refractivity contribution in [1.29, 1.82) is 0 Å². The summed E-state index contributed by atoms with van der Waals surface area (Å²) in [6.07, 6.45) is 2.25. The lowest BCUT2D eigenvalue weighted by Crippen LogP contribution is -2.49. The summed E-state index contributed by atoms with van der Waals surface area (Å²) >= 11 is 0. The van der Waals surface area contributed by atoms with E-state index >= 15 is 0 Å². The van der Waals surface area contributed by atoms with Gasteiger partial charge in [-0.05, 0) is 25.0 Å². The van der Waals surface area contributed by atoms with E-state index in [4.69, 9.17) is 14.2 Å². The van der Waals surface area contributed by atoms with E-state index in [1.165, 1.54) is 0 Å². The average Bonchev–Trinajstić information content (AvgIpc) is 3.21. The Balaban J connectivity index is 1.63. The fourth-order valence-electron chi connectivity index (χ4n) is 4.12. The van der Waals surface area contributed by atoms with Crippen LogP contribution in [-0.2, 0) is 0 Å². The first-order valence-electron chi connectivity index (χ1n) is 9.40. The monoisotopic (exact) mass is 383 g/mol.